The van der Waals surface area contributed by atoms with Gasteiger partial charge in [-0.1, -0.05) is 24.8 Å². The molecule has 10 nitrogen and oxygen atoms in total. The monoisotopic (exact) mass is 456 g/mol. The van der Waals surface area contributed by atoms with E-state index in [2.05, 4.69) is 13.2 Å². The molecule has 2 aromatic rings. The van der Waals surface area contributed by atoms with Gasteiger partial charge in [0, 0.05) is 0 Å². The Kier molecular flexibility index (Phi) is 9.73. The Morgan fingerprint density at radius 1 is 0.727 bits per heavy atom. The van der Waals surface area contributed by atoms with E-state index in [0.717, 1.165) is 12.1 Å². The molecule has 0 aliphatic rings. The van der Waals surface area contributed by atoms with Crippen molar-refractivity contribution < 1.29 is 49.1 Å². The molecule has 2 aromatic carbocycles. The molecule has 0 heterocycles. The summed E-state index contributed by atoms with van der Waals surface area (Å²) in [6.45, 7) is 7.06. The number of carboxylic acid groups (broad SMARTS) is 4. The number of benzene rings is 2. The second-order valence-electron chi connectivity index (χ2n) is 6.20. The minimum atomic E-state index is -1.42. The molecule has 33 heavy (non-hydrogen) atoms. The van der Waals surface area contributed by atoms with Crippen LogP contribution in [0.2, 0.25) is 0 Å². The van der Waals surface area contributed by atoms with Crippen LogP contribution < -0.4 is 0 Å². The molecule has 0 aliphatic carbocycles. The summed E-state index contributed by atoms with van der Waals surface area (Å²) >= 11 is 0. The van der Waals surface area contributed by atoms with Gasteiger partial charge in [-0.15, -0.1) is 6.58 Å². The fourth-order valence-corrected chi connectivity index (χ4v) is 2.41. The molecule has 0 unspecified atom stereocenters. The maximum absolute atomic E-state index is 11.6. The Hall–Kier alpha value is -4.73. The highest BCUT2D eigenvalue weighted by Gasteiger charge is 2.19. The first-order chi connectivity index (χ1) is 15.5. The highest BCUT2D eigenvalue weighted by atomic mass is 16.5. The fourth-order valence-electron chi connectivity index (χ4n) is 2.41. The zero-order valence-corrected chi connectivity index (χ0v) is 17.2. The SMILES string of the molecule is C=CCCOC(=O)c1ccc(C(=O)O)c(C(=O)O)c1.C=Cc1ccc(C(=O)O)c(C(=O)O)c1. The van der Waals surface area contributed by atoms with E-state index in [0.29, 0.717) is 12.0 Å². The summed E-state index contributed by atoms with van der Waals surface area (Å²) in [7, 11) is 0. The quantitative estimate of drug-likeness (QED) is 0.248. The zero-order valence-electron chi connectivity index (χ0n) is 17.2. The summed E-state index contributed by atoms with van der Waals surface area (Å²) in [5.74, 6) is -6.01. The summed E-state index contributed by atoms with van der Waals surface area (Å²) in [5, 5.41) is 35.2. The van der Waals surface area contributed by atoms with Crippen molar-refractivity contribution in [2.24, 2.45) is 0 Å². The Morgan fingerprint density at radius 3 is 1.67 bits per heavy atom. The number of hydrogen-bond acceptors (Lipinski definition) is 6. The van der Waals surface area contributed by atoms with E-state index in [-0.39, 0.29) is 28.9 Å². The molecule has 0 saturated carbocycles. The Bertz CT molecular complexity index is 1110. The van der Waals surface area contributed by atoms with E-state index in [4.69, 9.17) is 25.2 Å². The molecule has 0 aromatic heterocycles. The number of carbonyl (C=O) groups excluding carboxylic acids is 1. The number of esters is 1. The van der Waals surface area contributed by atoms with E-state index in [1.165, 1.54) is 30.3 Å². The first kappa shape index (κ1) is 26.3. The molecule has 172 valence electrons. The summed E-state index contributed by atoms with van der Waals surface area (Å²) < 4.78 is 4.85. The maximum atomic E-state index is 11.6. The van der Waals surface area contributed by atoms with Crippen molar-refractivity contribution in [3.63, 3.8) is 0 Å². The van der Waals surface area contributed by atoms with E-state index in [1.54, 1.807) is 6.08 Å². The van der Waals surface area contributed by atoms with Gasteiger partial charge >= 0.3 is 29.8 Å². The van der Waals surface area contributed by atoms with Crippen LogP contribution >= 0.6 is 0 Å². The van der Waals surface area contributed by atoms with Crippen LogP contribution in [-0.4, -0.2) is 56.9 Å². The molecular formula is C23H20O10. The van der Waals surface area contributed by atoms with Gasteiger partial charge in [-0.05, 0) is 42.3 Å². The molecule has 2 rings (SSSR count). The Labute approximate surface area is 187 Å². The third-order valence-corrected chi connectivity index (χ3v) is 4.01. The fraction of sp³-hybridized carbons (Fsp3) is 0.0870. The van der Waals surface area contributed by atoms with Gasteiger partial charge in [0.05, 0.1) is 34.4 Å². The van der Waals surface area contributed by atoms with Crippen LogP contribution in [0.1, 0.15) is 63.8 Å². The minimum Gasteiger partial charge on any atom is -0.478 e. The lowest BCUT2D eigenvalue weighted by atomic mass is 10.0. The topological polar surface area (TPSA) is 176 Å². The van der Waals surface area contributed by atoms with Gasteiger partial charge in [-0.3, -0.25) is 0 Å². The van der Waals surface area contributed by atoms with Crippen LogP contribution in [0, 0.1) is 0 Å². The van der Waals surface area contributed by atoms with Crippen molar-refractivity contribution in [2.75, 3.05) is 6.61 Å². The van der Waals surface area contributed by atoms with Crippen molar-refractivity contribution in [3.05, 3.63) is 89.0 Å². The van der Waals surface area contributed by atoms with Gasteiger partial charge in [0.2, 0.25) is 0 Å². The third kappa shape index (κ3) is 7.47. The molecule has 0 saturated heterocycles. The number of rotatable bonds is 9. The average Bonchev–Trinajstić information content (AvgIpc) is 2.78. The van der Waals surface area contributed by atoms with Crippen LogP contribution in [0.5, 0.6) is 0 Å². The van der Waals surface area contributed by atoms with Crippen LogP contribution in [0.25, 0.3) is 6.08 Å². The van der Waals surface area contributed by atoms with Gasteiger partial charge in [0.1, 0.15) is 0 Å². The summed E-state index contributed by atoms with van der Waals surface area (Å²) in [5.41, 5.74) is -0.710. The lowest BCUT2D eigenvalue weighted by molar-refractivity contribution is 0.0509. The van der Waals surface area contributed by atoms with Crippen molar-refractivity contribution in [1.29, 1.82) is 0 Å². The summed E-state index contributed by atoms with van der Waals surface area (Å²) in [4.78, 5) is 54.7. The second-order valence-corrected chi connectivity index (χ2v) is 6.20. The van der Waals surface area contributed by atoms with E-state index in [9.17, 15) is 24.0 Å². The zero-order chi connectivity index (χ0) is 25.1. The van der Waals surface area contributed by atoms with E-state index in [1.807, 2.05) is 0 Å². The first-order valence-corrected chi connectivity index (χ1v) is 9.15. The average molecular weight is 456 g/mol. The molecule has 0 spiro atoms. The number of ether oxygens (including phenoxy) is 1. The van der Waals surface area contributed by atoms with E-state index >= 15 is 0 Å². The standard InChI is InChI=1S/C13H12O6.C10H8O4/c1-2-3-6-19-13(18)8-4-5-9(11(14)15)10(7-8)12(16)17;1-2-6-3-4-7(9(11)12)8(5-6)10(13)14/h2,4-5,7H,1,3,6H2,(H,14,15)(H,16,17);2-5H,1H2,(H,11,12)(H,13,14). The maximum Gasteiger partial charge on any atom is 0.338 e. The predicted molar refractivity (Wildman–Crippen MR) is 116 cm³/mol. The first-order valence-electron chi connectivity index (χ1n) is 9.15. The van der Waals surface area contributed by atoms with Gasteiger partial charge in [0.25, 0.3) is 0 Å². The van der Waals surface area contributed by atoms with E-state index < -0.39 is 35.4 Å². The van der Waals surface area contributed by atoms with Crippen molar-refractivity contribution >= 4 is 35.9 Å². The van der Waals surface area contributed by atoms with Crippen LogP contribution in [0.3, 0.4) is 0 Å². The number of carboxylic acids is 4. The lowest BCUT2D eigenvalue weighted by Gasteiger charge is -2.06. The van der Waals surface area contributed by atoms with Crippen LogP contribution in [-0.2, 0) is 4.74 Å². The van der Waals surface area contributed by atoms with Crippen molar-refractivity contribution in [2.45, 2.75) is 6.42 Å². The highest BCUT2D eigenvalue weighted by molar-refractivity contribution is 6.04. The van der Waals surface area contributed by atoms with Crippen molar-refractivity contribution in [3.8, 4) is 0 Å². The van der Waals surface area contributed by atoms with Crippen molar-refractivity contribution in [1.82, 2.24) is 0 Å². The van der Waals surface area contributed by atoms with Gasteiger partial charge in [-0.25, -0.2) is 24.0 Å². The van der Waals surface area contributed by atoms with Crippen LogP contribution in [0.15, 0.2) is 55.6 Å². The molecule has 0 atom stereocenters. The molecule has 0 aliphatic heterocycles. The molecule has 0 amide bonds. The normalized spacial score (nSPS) is 9.58. The van der Waals surface area contributed by atoms with Gasteiger partial charge in [-0.2, -0.15) is 0 Å². The Morgan fingerprint density at radius 2 is 1.21 bits per heavy atom. The van der Waals surface area contributed by atoms with Gasteiger partial charge < -0.3 is 25.2 Å². The molecule has 0 bridgehead atoms. The summed E-state index contributed by atoms with van der Waals surface area (Å²) in [6, 6.07) is 7.30. The predicted octanol–water partition coefficient (Wildman–Crippen LogP) is 3.54. The Balaban J connectivity index is 0.000000346. The second kappa shape index (κ2) is 12.2. The smallest absolute Gasteiger partial charge is 0.338 e. The third-order valence-electron chi connectivity index (χ3n) is 4.01. The lowest BCUT2D eigenvalue weighted by Crippen LogP contribution is -2.12. The van der Waals surface area contributed by atoms with Crippen LogP contribution in [0.4, 0.5) is 0 Å². The molecule has 10 heteroatoms. The molecule has 0 radical (unpaired) electrons. The largest absolute Gasteiger partial charge is 0.478 e. The number of carbonyl (C=O) groups is 5. The molecular weight excluding hydrogens is 436 g/mol. The number of aromatic carboxylic acids is 4. The molecule has 4 N–H and O–H groups in total. The van der Waals surface area contributed by atoms with Gasteiger partial charge in [0.15, 0.2) is 0 Å². The minimum absolute atomic E-state index is 0.00791. The highest BCUT2D eigenvalue weighted by Crippen LogP contribution is 2.14. The summed E-state index contributed by atoms with van der Waals surface area (Å²) in [6.07, 6.45) is 3.51. The number of hydrogen-bond donors (Lipinski definition) is 4. The molecule has 0 fully saturated rings.